The van der Waals surface area contributed by atoms with Gasteiger partial charge in [-0.1, -0.05) is 11.3 Å². The quantitative estimate of drug-likeness (QED) is 0.856. The highest BCUT2D eigenvalue weighted by Crippen LogP contribution is 2.31. The first-order valence-corrected chi connectivity index (χ1v) is 8.86. The Morgan fingerprint density at radius 3 is 2.73 bits per heavy atom. The van der Waals surface area contributed by atoms with Gasteiger partial charge in [0.15, 0.2) is 5.13 Å². The molecule has 0 spiro atoms. The third-order valence-electron chi connectivity index (χ3n) is 3.95. The van der Waals surface area contributed by atoms with Gasteiger partial charge in [-0.2, -0.15) is 0 Å². The lowest BCUT2D eigenvalue weighted by atomic mass is 10.2. The molecule has 26 heavy (non-hydrogen) atoms. The van der Waals surface area contributed by atoms with Crippen molar-refractivity contribution < 1.29 is 19.1 Å². The predicted octanol–water partition coefficient (Wildman–Crippen LogP) is 2.71. The molecule has 1 aliphatic heterocycles. The molecule has 1 aliphatic rings. The van der Waals surface area contributed by atoms with E-state index in [1.54, 1.807) is 37.3 Å². The Morgan fingerprint density at radius 1 is 1.23 bits per heavy atom. The van der Waals surface area contributed by atoms with Crippen LogP contribution in [0.1, 0.15) is 17.5 Å². The molecule has 0 unspecified atom stereocenters. The van der Waals surface area contributed by atoms with Crippen molar-refractivity contribution in [2.45, 2.75) is 19.9 Å². The summed E-state index contributed by atoms with van der Waals surface area (Å²) in [5.74, 6) is 1.02. The van der Waals surface area contributed by atoms with Gasteiger partial charge in [-0.3, -0.25) is 4.79 Å². The zero-order chi connectivity index (χ0) is 18.7. The van der Waals surface area contributed by atoms with Crippen LogP contribution in [0.4, 0.5) is 15.6 Å². The number of fused-ring (bicyclic) bond motifs is 1. The maximum Gasteiger partial charge on any atom is 0.322 e. The van der Waals surface area contributed by atoms with Crippen LogP contribution in [0.2, 0.25) is 0 Å². The van der Waals surface area contributed by atoms with Crippen LogP contribution in [0, 0.1) is 0 Å². The monoisotopic (exact) mass is 376 g/mol. The van der Waals surface area contributed by atoms with E-state index in [9.17, 15) is 9.59 Å². The fourth-order valence-electron chi connectivity index (χ4n) is 2.67. The largest absolute Gasteiger partial charge is 0.497 e. The van der Waals surface area contributed by atoms with Gasteiger partial charge in [0.1, 0.15) is 11.5 Å². The van der Waals surface area contributed by atoms with Gasteiger partial charge in [-0.25, -0.2) is 9.78 Å². The van der Waals surface area contributed by atoms with Gasteiger partial charge in [0.25, 0.3) is 0 Å². The normalized spacial score (nSPS) is 13.0. The Labute approximate surface area is 155 Å². The third kappa shape index (κ3) is 3.88. The molecule has 0 fully saturated rings. The minimum absolute atomic E-state index is 0.155. The average molecular weight is 376 g/mol. The molecule has 1 aromatic carbocycles. The predicted molar refractivity (Wildman–Crippen MR) is 99.1 cm³/mol. The van der Waals surface area contributed by atoms with Gasteiger partial charge in [0, 0.05) is 30.8 Å². The Balaban J connectivity index is 1.70. The lowest BCUT2D eigenvalue weighted by molar-refractivity contribution is -0.114. The van der Waals surface area contributed by atoms with Gasteiger partial charge in [0.2, 0.25) is 5.91 Å². The zero-order valence-electron chi connectivity index (χ0n) is 14.8. The van der Waals surface area contributed by atoms with E-state index >= 15 is 0 Å². The van der Waals surface area contributed by atoms with E-state index in [1.165, 1.54) is 18.3 Å². The van der Waals surface area contributed by atoms with Crippen LogP contribution < -0.4 is 20.1 Å². The van der Waals surface area contributed by atoms with Crippen molar-refractivity contribution in [2.24, 2.45) is 0 Å². The standard InChI is InChI=1S/C17H20N4O4S/c1-10(22)18-16-19-13-6-7-21(9-15(13)26-16)17(23)20-12-5-4-11(24-2)8-14(12)25-3/h4-5,8H,6-7,9H2,1-3H3,(H,20,23)(H,18,19,22). The molecule has 0 radical (unpaired) electrons. The molecular formula is C17H20N4O4S. The summed E-state index contributed by atoms with van der Waals surface area (Å²) in [5, 5.41) is 6.14. The van der Waals surface area contributed by atoms with Gasteiger partial charge < -0.3 is 25.0 Å². The zero-order valence-corrected chi connectivity index (χ0v) is 15.6. The summed E-state index contributed by atoms with van der Waals surface area (Å²) in [5.41, 5.74) is 1.51. The fourth-order valence-corrected chi connectivity index (χ4v) is 3.74. The number of aromatic nitrogens is 1. The minimum atomic E-state index is -0.214. The summed E-state index contributed by atoms with van der Waals surface area (Å²) in [7, 11) is 3.11. The summed E-state index contributed by atoms with van der Waals surface area (Å²) in [6.45, 7) is 2.46. The van der Waals surface area contributed by atoms with Gasteiger partial charge in [-0.15, -0.1) is 0 Å². The first-order chi connectivity index (χ1) is 12.5. The number of carbonyl (C=O) groups excluding carboxylic acids is 2. The number of hydrogen-bond acceptors (Lipinski definition) is 6. The molecular weight excluding hydrogens is 356 g/mol. The number of amides is 3. The fraction of sp³-hybridized carbons (Fsp3) is 0.353. The lowest BCUT2D eigenvalue weighted by Crippen LogP contribution is -2.38. The maximum absolute atomic E-state index is 12.6. The number of anilines is 2. The van der Waals surface area contributed by atoms with Crippen molar-refractivity contribution in [1.82, 2.24) is 9.88 Å². The number of nitrogens with one attached hydrogen (secondary N) is 2. The molecule has 1 aromatic heterocycles. The van der Waals surface area contributed by atoms with Crippen molar-refractivity contribution in [2.75, 3.05) is 31.4 Å². The number of benzene rings is 1. The number of ether oxygens (including phenoxy) is 2. The number of rotatable bonds is 4. The smallest absolute Gasteiger partial charge is 0.322 e. The third-order valence-corrected chi connectivity index (χ3v) is 4.95. The number of thiazole rings is 1. The molecule has 2 aromatic rings. The molecule has 3 rings (SSSR count). The summed E-state index contributed by atoms with van der Waals surface area (Å²) in [6.07, 6.45) is 0.651. The molecule has 3 amide bonds. The lowest BCUT2D eigenvalue weighted by Gasteiger charge is -2.26. The van der Waals surface area contributed by atoms with E-state index in [4.69, 9.17) is 9.47 Å². The molecule has 0 saturated carbocycles. The number of nitrogens with zero attached hydrogens (tertiary/aromatic N) is 2. The van der Waals surface area contributed by atoms with E-state index in [2.05, 4.69) is 15.6 Å². The van der Waals surface area contributed by atoms with E-state index in [0.717, 1.165) is 10.6 Å². The second-order valence-corrected chi connectivity index (χ2v) is 6.82. The topological polar surface area (TPSA) is 92.8 Å². The molecule has 2 heterocycles. The van der Waals surface area contributed by atoms with Gasteiger partial charge in [0.05, 0.1) is 32.1 Å². The first-order valence-electron chi connectivity index (χ1n) is 8.04. The van der Waals surface area contributed by atoms with E-state index < -0.39 is 0 Å². The summed E-state index contributed by atoms with van der Waals surface area (Å²) in [4.78, 5) is 30.9. The Hall–Kier alpha value is -2.81. The van der Waals surface area contributed by atoms with E-state index in [1.807, 2.05) is 0 Å². The van der Waals surface area contributed by atoms with Crippen molar-refractivity contribution in [3.8, 4) is 11.5 Å². The Bertz CT molecular complexity index is 836. The van der Waals surface area contributed by atoms with Crippen molar-refractivity contribution in [1.29, 1.82) is 0 Å². The molecule has 2 N–H and O–H groups in total. The van der Waals surface area contributed by atoms with Crippen LogP contribution in [0.3, 0.4) is 0 Å². The minimum Gasteiger partial charge on any atom is -0.497 e. The maximum atomic E-state index is 12.6. The van der Waals surface area contributed by atoms with Crippen LogP contribution in [0.25, 0.3) is 0 Å². The highest BCUT2D eigenvalue weighted by atomic mass is 32.1. The first kappa shape index (κ1) is 18.0. The summed E-state index contributed by atoms with van der Waals surface area (Å²) < 4.78 is 10.5. The average Bonchev–Trinajstić information content (AvgIpc) is 3.02. The number of methoxy groups -OCH3 is 2. The molecule has 138 valence electrons. The van der Waals surface area contributed by atoms with Crippen LogP contribution in [-0.2, 0) is 17.8 Å². The Kier molecular flexibility index (Phi) is 5.27. The molecule has 0 atom stereocenters. The second-order valence-electron chi connectivity index (χ2n) is 5.74. The molecule has 0 bridgehead atoms. The Morgan fingerprint density at radius 2 is 2.04 bits per heavy atom. The van der Waals surface area contributed by atoms with E-state index in [-0.39, 0.29) is 11.9 Å². The number of hydrogen-bond donors (Lipinski definition) is 2. The van der Waals surface area contributed by atoms with Gasteiger partial charge in [-0.05, 0) is 12.1 Å². The molecule has 8 nitrogen and oxygen atoms in total. The van der Waals surface area contributed by atoms with Crippen molar-refractivity contribution >= 4 is 34.1 Å². The highest BCUT2D eigenvalue weighted by Gasteiger charge is 2.25. The number of carbonyl (C=O) groups is 2. The van der Waals surface area contributed by atoms with Crippen LogP contribution in [-0.4, -0.2) is 42.6 Å². The molecule has 0 aliphatic carbocycles. The number of urea groups is 1. The van der Waals surface area contributed by atoms with Gasteiger partial charge >= 0.3 is 6.03 Å². The SMILES string of the molecule is COc1ccc(NC(=O)N2CCc3nc(NC(C)=O)sc3C2)c(OC)c1. The van der Waals surface area contributed by atoms with Crippen molar-refractivity contribution in [3.05, 3.63) is 28.8 Å². The van der Waals surface area contributed by atoms with Crippen LogP contribution in [0.5, 0.6) is 11.5 Å². The molecule has 9 heteroatoms. The summed E-state index contributed by atoms with van der Waals surface area (Å²) >= 11 is 1.40. The van der Waals surface area contributed by atoms with Crippen molar-refractivity contribution in [3.63, 3.8) is 0 Å². The van der Waals surface area contributed by atoms with Crippen LogP contribution >= 0.6 is 11.3 Å². The molecule has 0 saturated heterocycles. The van der Waals surface area contributed by atoms with Crippen LogP contribution in [0.15, 0.2) is 18.2 Å². The summed E-state index contributed by atoms with van der Waals surface area (Å²) in [6, 6.07) is 5.00. The van der Waals surface area contributed by atoms with E-state index in [0.29, 0.717) is 41.8 Å². The second kappa shape index (κ2) is 7.61. The highest BCUT2D eigenvalue weighted by molar-refractivity contribution is 7.15.